The molecule has 1 atom stereocenters. The number of anilines is 1. The van der Waals surface area contributed by atoms with Gasteiger partial charge < -0.3 is 15.5 Å². The Kier molecular flexibility index (Phi) is 5.08. The molecule has 2 rings (SSSR count). The molecule has 0 saturated carbocycles. The summed E-state index contributed by atoms with van der Waals surface area (Å²) in [5.74, 6) is -3.53. The van der Waals surface area contributed by atoms with Crippen LogP contribution in [0.2, 0.25) is 0 Å². The van der Waals surface area contributed by atoms with Crippen molar-refractivity contribution in [1.82, 2.24) is 10.2 Å². The lowest BCUT2D eigenvalue weighted by Gasteiger charge is -2.33. The molecule has 23 heavy (non-hydrogen) atoms. The summed E-state index contributed by atoms with van der Waals surface area (Å²) in [6.45, 7) is 3.32. The Morgan fingerprint density at radius 3 is 2.48 bits per heavy atom. The zero-order valence-corrected chi connectivity index (χ0v) is 12.3. The van der Waals surface area contributed by atoms with Gasteiger partial charge in [-0.2, -0.15) is 13.2 Å². The van der Waals surface area contributed by atoms with E-state index in [9.17, 15) is 26.7 Å². The van der Waals surface area contributed by atoms with E-state index in [1.807, 2.05) is 6.92 Å². The second-order valence-electron chi connectivity index (χ2n) is 5.25. The minimum absolute atomic E-state index is 0.107. The molecule has 1 aliphatic rings. The number of hydrogen-bond acceptors (Lipinski definition) is 2. The van der Waals surface area contributed by atoms with E-state index in [-0.39, 0.29) is 11.7 Å². The minimum Gasteiger partial charge on any atom is -0.322 e. The number of benzene rings is 1. The first-order valence-corrected chi connectivity index (χ1v) is 7.08. The number of nitrogens with zero attached hydrogens (tertiary/aromatic N) is 1. The Labute approximate surface area is 129 Å². The third-order valence-corrected chi connectivity index (χ3v) is 3.61. The van der Waals surface area contributed by atoms with Crippen LogP contribution in [0.4, 0.5) is 32.4 Å². The number of piperazine rings is 1. The van der Waals surface area contributed by atoms with Crippen LogP contribution < -0.4 is 10.6 Å². The summed E-state index contributed by atoms with van der Waals surface area (Å²) in [4.78, 5) is 13.5. The summed E-state index contributed by atoms with van der Waals surface area (Å²) in [6, 6.07) is 0.422. The number of carbonyl (C=O) groups is 1. The third-order valence-electron chi connectivity index (χ3n) is 3.61. The average Bonchev–Trinajstić information content (AvgIpc) is 2.45. The highest BCUT2D eigenvalue weighted by Crippen LogP contribution is 2.34. The zero-order valence-electron chi connectivity index (χ0n) is 12.3. The van der Waals surface area contributed by atoms with Crippen LogP contribution in [0.3, 0.4) is 0 Å². The number of amides is 2. The van der Waals surface area contributed by atoms with Crippen molar-refractivity contribution in [3.05, 3.63) is 29.3 Å². The molecule has 128 valence electrons. The normalized spacial score (nSPS) is 18.9. The van der Waals surface area contributed by atoms with E-state index in [4.69, 9.17) is 0 Å². The molecule has 1 aromatic rings. The van der Waals surface area contributed by atoms with Gasteiger partial charge in [-0.1, -0.05) is 6.92 Å². The summed E-state index contributed by atoms with van der Waals surface area (Å²) in [5.41, 5.74) is -2.33. The van der Waals surface area contributed by atoms with E-state index >= 15 is 0 Å². The van der Waals surface area contributed by atoms with Gasteiger partial charge in [0.15, 0.2) is 0 Å². The molecular formula is C14H16F5N3O. The third kappa shape index (κ3) is 4.10. The molecule has 0 aromatic heterocycles. The molecule has 0 spiro atoms. The highest BCUT2D eigenvalue weighted by Gasteiger charge is 2.38. The van der Waals surface area contributed by atoms with Crippen LogP contribution in [0.25, 0.3) is 0 Å². The Morgan fingerprint density at radius 2 is 1.96 bits per heavy atom. The molecule has 1 aromatic carbocycles. The van der Waals surface area contributed by atoms with Crippen molar-refractivity contribution in [3.63, 3.8) is 0 Å². The van der Waals surface area contributed by atoms with E-state index < -0.39 is 29.4 Å². The van der Waals surface area contributed by atoms with E-state index in [1.54, 1.807) is 0 Å². The van der Waals surface area contributed by atoms with Gasteiger partial charge in [0, 0.05) is 31.4 Å². The maximum absolute atomic E-state index is 13.5. The standard InChI is InChI=1S/C14H16F5N3O/c1-2-8-7-22(4-3-20-8)13(23)21-9-5-10(15)12(11(16)6-9)14(17,18)19/h5-6,8,20H,2-4,7H2,1H3,(H,21,23)/t8-/m1/s1. The van der Waals surface area contributed by atoms with Crippen molar-refractivity contribution in [2.45, 2.75) is 25.6 Å². The van der Waals surface area contributed by atoms with Gasteiger partial charge >= 0.3 is 12.2 Å². The molecule has 2 amide bonds. The van der Waals surface area contributed by atoms with Gasteiger partial charge in [0.1, 0.15) is 17.2 Å². The second kappa shape index (κ2) is 6.69. The maximum atomic E-state index is 13.5. The summed E-state index contributed by atoms with van der Waals surface area (Å²) >= 11 is 0. The van der Waals surface area contributed by atoms with E-state index in [0.717, 1.165) is 6.42 Å². The number of halogens is 5. The van der Waals surface area contributed by atoms with Crippen molar-refractivity contribution in [1.29, 1.82) is 0 Å². The van der Waals surface area contributed by atoms with Crippen molar-refractivity contribution < 1.29 is 26.7 Å². The van der Waals surface area contributed by atoms with Crippen LogP contribution in [0.1, 0.15) is 18.9 Å². The molecular weight excluding hydrogens is 321 g/mol. The molecule has 2 N–H and O–H groups in total. The highest BCUT2D eigenvalue weighted by molar-refractivity contribution is 5.89. The lowest BCUT2D eigenvalue weighted by atomic mass is 10.1. The molecule has 0 radical (unpaired) electrons. The van der Waals surface area contributed by atoms with Crippen LogP contribution in [-0.4, -0.2) is 36.6 Å². The quantitative estimate of drug-likeness (QED) is 0.814. The molecule has 0 bridgehead atoms. The molecule has 0 aliphatic carbocycles. The van der Waals surface area contributed by atoms with Crippen molar-refractivity contribution in [3.8, 4) is 0 Å². The van der Waals surface area contributed by atoms with Gasteiger partial charge in [0.2, 0.25) is 0 Å². The molecule has 4 nitrogen and oxygen atoms in total. The summed E-state index contributed by atoms with van der Waals surface area (Å²) in [6.07, 6.45) is -4.34. The predicted molar refractivity (Wildman–Crippen MR) is 74.0 cm³/mol. The molecule has 9 heteroatoms. The number of urea groups is 1. The van der Waals surface area contributed by atoms with Crippen LogP contribution in [-0.2, 0) is 6.18 Å². The fraction of sp³-hybridized carbons (Fsp3) is 0.500. The van der Waals surface area contributed by atoms with Gasteiger partial charge in [-0.3, -0.25) is 0 Å². The molecule has 1 aliphatic heterocycles. The first kappa shape index (κ1) is 17.5. The average molecular weight is 337 g/mol. The first-order valence-electron chi connectivity index (χ1n) is 7.08. The highest BCUT2D eigenvalue weighted by atomic mass is 19.4. The fourth-order valence-electron chi connectivity index (χ4n) is 2.40. The monoisotopic (exact) mass is 337 g/mol. The van der Waals surface area contributed by atoms with E-state index in [1.165, 1.54) is 4.90 Å². The number of alkyl halides is 3. The van der Waals surface area contributed by atoms with Gasteiger partial charge in [-0.05, 0) is 18.6 Å². The van der Waals surface area contributed by atoms with Crippen LogP contribution >= 0.6 is 0 Å². The lowest BCUT2D eigenvalue weighted by Crippen LogP contribution is -2.53. The van der Waals surface area contributed by atoms with Crippen LogP contribution in [0.5, 0.6) is 0 Å². The van der Waals surface area contributed by atoms with Gasteiger partial charge in [-0.25, -0.2) is 13.6 Å². The predicted octanol–water partition coefficient (Wildman–Crippen LogP) is 3.20. The van der Waals surface area contributed by atoms with E-state index in [2.05, 4.69) is 10.6 Å². The topological polar surface area (TPSA) is 44.4 Å². The number of hydrogen-bond donors (Lipinski definition) is 2. The van der Waals surface area contributed by atoms with Crippen LogP contribution in [0, 0.1) is 11.6 Å². The summed E-state index contributed by atoms with van der Waals surface area (Å²) < 4.78 is 64.4. The van der Waals surface area contributed by atoms with Gasteiger partial charge in [0.25, 0.3) is 0 Å². The number of rotatable bonds is 2. The van der Waals surface area contributed by atoms with Crippen molar-refractivity contribution in [2.75, 3.05) is 25.0 Å². The van der Waals surface area contributed by atoms with Crippen molar-refractivity contribution >= 4 is 11.7 Å². The smallest absolute Gasteiger partial charge is 0.322 e. The Hall–Kier alpha value is -1.90. The lowest BCUT2D eigenvalue weighted by molar-refractivity contribution is -0.142. The Morgan fingerprint density at radius 1 is 1.35 bits per heavy atom. The molecule has 1 heterocycles. The summed E-state index contributed by atoms with van der Waals surface area (Å²) in [5, 5.41) is 5.42. The Balaban J connectivity index is 2.13. The zero-order chi connectivity index (χ0) is 17.2. The number of carbonyl (C=O) groups excluding carboxylic acids is 1. The van der Waals surface area contributed by atoms with Crippen molar-refractivity contribution in [2.24, 2.45) is 0 Å². The minimum atomic E-state index is -5.14. The van der Waals surface area contributed by atoms with Gasteiger partial charge in [-0.15, -0.1) is 0 Å². The molecule has 0 unspecified atom stereocenters. The molecule has 1 fully saturated rings. The summed E-state index contributed by atoms with van der Waals surface area (Å²) in [7, 11) is 0. The Bertz CT molecular complexity index is 567. The second-order valence-corrected chi connectivity index (χ2v) is 5.25. The molecule has 1 saturated heterocycles. The largest absolute Gasteiger partial charge is 0.422 e. The maximum Gasteiger partial charge on any atom is 0.422 e. The first-order chi connectivity index (χ1) is 10.7. The van der Waals surface area contributed by atoms with E-state index in [0.29, 0.717) is 31.8 Å². The van der Waals surface area contributed by atoms with Gasteiger partial charge in [0.05, 0.1) is 0 Å². The van der Waals surface area contributed by atoms with Crippen LogP contribution in [0.15, 0.2) is 12.1 Å². The SMILES string of the molecule is CC[C@@H]1CN(C(=O)Nc2cc(F)c(C(F)(F)F)c(F)c2)CCN1. The fourth-order valence-corrected chi connectivity index (χ4v) is 2.40. The number of nitrogens with one attached hydrogen (secondary N) is 2.